The number of hydrogen-bond acceptors (Lipinski definition) is 6. The maximum Gasteiger partial charge on any atom is 0.337 e. The minimum absolute atomic E-state index is 0.350. The van der Waals surface area contributed by atoms with Gasteiger partial charge in [0.15, 0.2) is 4.80 Å². The van der Waals surface area contributed by atoms with Gasteiger partial charge in [-0.1, -0.05) is 11.3 Å². The Morgan fingerprint density at radius 1 is 1.24 bits per heavy atom. The van der Waals surface area contributed by atoms with Gasteiger partial charge in [0.1, 0.15) is 5.69 Å². The molecule has 2 aromatic heterocycles. The van der Waals surface area contributed by atoms with Crippen LogP contribution in [0.3, 0.4) is 0 Å². The summed E-state index contributed by atoms with van der Waals surface area (Å²) in [4.78, 5) is 29.6. The van der Waals surface area contributed by atoms with Crippen LogP contribution in [-0.2, 0) is 22.6 Å². The van der Waals surface area contributed by atoms with E-state index >= 15 is 0 Å². The third kappa shape index (κ3) is 4.46. The lowest BCUT2D eigenvalue weighted by Gasteiger charge is -2.06. The molecule has 2 heterocycles. The van der Waals surface area contributed by atoms with Crippen molar-refractivity contribution in [3.05, 3.63) is 46.0 Å². The quantitative estimate of drug-likeness (QED) is 0.437. The number of fused-ring (bicyclic) bond motifs is 1. The van der Waals surface area contributed by atoms with Crippen molar-refractivity contribution >= 4 is 33.4 Å². The molecule has 0 saturated heterocycles. The molecule has 0 atom stereocenters. The largest absolute Gasteiger partial charge is 0.465 e. The number of esters is 1. The van der Waals surface area contributed by atoms with Gasteiger partial charge in [0.25, 0.3) is 5.91 Å². The monoisotopic (exact) mass is 416 g/mol. The average Bonchev–Trinajstić information content (AvgIpc) is 3.27. The highest BCUT2D eigenvalue weighted by Gasteiger charge is 2.15. The molecule has 3 aromatic rings. The van der Waals surface area contributed by atoms with E-state index in [0.717, 1.165) is 15.9 Å². The summed E-state index contributed by atoms with van der Waals surface area (Å²) in [6, 6.07) is 7.04. The summed E-state index contributed by atoms with van der Waals surface area (Å²) in [5.41, 5.74) is 2.56. The van der Waals surface area contributed by atoms with Crippen molar-refractivity contribution in [1.29, 1.82) is 0 Å². The van der Waals surface area contributed by atoms with Crippen LogP contribution in [-0.4, -0.2) is 46.5 Å². The van der Waals surface area contributed by atoms with Crippen molar-refractivity contribution < 1.29 is 19.1 Å². The molecule has 0 unspecified atom stereocenters. The lowest BCUT2D eigenvalue weighted by Crippen LogP contribution is -2.20. The molecule has 0 radical (unpaired) electrons. The van der Waals surface area contributed by atoms with E-state index in [-0.39, 0.29) is 5.91 Å². The van der Waals surface area contributed by atoms with E-state index in [1.165, 1.54) is 18.4 Å². The van der Waals surface area contributed by atoms with Crippen molar-refractivity contribution in [2.24, 2.45) is 4.99 Å². The molecule has 3 rings (SSSR count). The first kappa shape index (κ1) is 20.9. The highest BCUT2D eigenvalue weighted by Crippen LogP contribution is 2.20. The highest BCUT2D eigenvalue weighted by molar-refractivity contribution is 7.16. The molecular formula is C20H24N4O4S. The molecule has 1 amide bonds. The summed E-state index contributed by atoms with van der Waals surface area (Å²) < 4.78 is 14.7. The second kappa shape index (κ2) is 9.15. The van der Waals surface area contributed by atoms with E-state index in [9.17, 15) is 9.59 Å². The zero-order chi connectivity index (χ0) is 21.0. The van der Waals surface area contributed by atoms with Gasteiger partial charge in [-0.3, -0.25) is 9.48 Å². The van der Waals surface area contributed by atoms with Crippen LogP contribution in [0.15, 0.2) is 29.3 Å². The first-order valence-corrected chi connectivity index (χ1v) is 10.2. The Labute approximate surface area is 172 Å². The zero-order valence-electron chi connectivity index (χ0n) is 17.0. The van der Waals surface area contributed by atoms with Gasteiger partial charge in [0, 0.05) is 19.7 Å². The molecule has 0 saturated carbocycles. The third-order valence-corrected chi connectivity index (χ3v) is 5.43. The summed E-state index contributed by atoms with van der Waals surface area (Å²) in [6.45, 7) is 7.94. The summed E-state index contributed by atoms with van der Waals surface area (Å²) >= 11 is 1.35. The molecule has 9 heteroatoms. The normalized spacial score (nSPS) is 11.9. The molecule has 1 aromatic carbocycles. The summed E-state index contributed by atoms with van der Waals surface area (Å²) in [5.74, 6) is -0.754. The number of benzene rings is 1. The van der Waals surface area contributed by atoms with Crippen LogP contribution in [0.2, 0.25) is 0 Å². The number of aromatic nitrogens is 3. The number of ether oxygens (including phenoxy) is 2. The van der Waals surface area contributed by atoms with E-state index in [4.69, 9.17) is 9.47 Å². The van der Waals surface area contributed by atoms with Gasteiger partial charge in [-0.2, -0.15) is 10.1 Å². The molecule has 154 valence electrons. The molecule has 0 aliphatic carbocycles. The summed E-state index contributed by atoms with van der Waals surface area (Å²) in [6.07, 6.45) is 0. The summed E-state index contributed by atoms with van der Waals surface area (Å²) in [7, 11) is 1.35. The van der Waals surface area contributed by atoms with Gasteiger partial charge < -0.3 is 14.0 Å². The van der Waals surface area contributed by atoms with Crippen LogP contribution >= 0.6 is 11.3 Å². The number of methoxy groups -OCH3 is 1. The first-order chi connectivity index (χ1) is 14.0. The molecule has 0 aliphatic rings. The van der Waals surface area contributed by atoms with Gasteiger partial charge in [0.2, 0.25) is 0 Å². The van der Waals surface area contributed by atoms with Crippen molar-refractivity contribution in [3.63, 3.8) is 0 Å². The standard InChI is InChI=1S/C20H24N4O4S/c1-5-24-16(11-13(3)22-24)18(25)21-20-23(9-10-28-6-2)15-8-7-14(19(26)27-4)12-17(15)29-20/h7-8,11-12H,5-6,9-10H2,1-4H3. The Morgan fingerprint density at radius 3 is 2.72 bits per heavy atom. The molecule has 0 fully saturated rings. The fraction of sp³-hybridized carbons (Fsp3) is 0.400. The first-order valence-electron chi connectivity index (χ1n) is 9.41. The zero-order valence-corrected chi connectivity index (χ0v) is 17.8. The third-order valence-electron chi connectivity index (χ3n) is 4.39. The second-order valence-electron chi connectivity index (χ2n) is 6.31. The smallest absolute Gasteiger partial charge is 0.337 e. The van der Waals surface area contributed by atoms with Crippen LogP contribution in [0, 0.1) is 6.92 Å². The van der Waals surface area contributed by atoms with E-state index in [1.54, 1.807) is 22.9 Å². The van der Waals surface area contributed by atoms with Gasteiger partial charge in [0.05, 0.1) is 35.2 Å². The number of hydrogen-bond donors (Lipinski definition) is 0. The number of carbonyl (C=O) groups excluding carboxylic acids is 2. The lowest BCUT2D eigenvalue weighted by molar-refractivity contribution is 0.0600. The van der Waals surface area contributed by atoms with E-state index < -0.39 is 5.97 Å². The van der Waals surface area contributed by atoms with Crippen molar-refractivity contribution in [2.75, 3.05) is 20.3 Å². The molecule has 0 aliphatic heterocycles. The van der Waals surface area contributed by atoms with Gasteiger partial charge in [-0.05, 0) is 45.0 Å². The molecular weight excluding hydrogens is 392 g/mol. The molecule has 0 spiro atoms. The van der Waals surface area contributed by atoms with Crippen LogP contribution in [0.4, 0.5) is 0 Å². The summed E-state index contributed by atoms with van der Waals surface area (Å²) in [5, 5.41) is 4.32. The van der Waals surface area contributed by atoms with Crippen LogP contribution in [0.5, 0.6) is 0 Å². The molecule has 0 N–H and O–H groups in total. The molecule has 8 nitrogen and oxygen atoms in total. The Balaban J connectivity index is 2.10. The Bertz CT molecular complexity index is 1110. The Kier molecular flexibility index (Phi) is 6.60. The van der Waals surface area contributed by atoms with E-state index in [2.05, 4.69) is 10.1 Å². The van der Waals surface area contributed by atoms with E-state index in [1.807, 2.05) is 31.4 Å². The maximum absolute atomic E-state index is 12.8. The predicted molar refractivity (Wildman–Crippen MR) is 110 cm³/mol. The van der Waals surface area contributed by atoms with Crippen LogP contribution in [0.1, 0.15) is 40.4 Å². The topological polar surface area (TPSA) is 87.7 Å². The minimum atomic E-state index is -0.405. The number of amides is 1. The van der Waals surface area contributed by atoms with Crippen molar-refractivity contribution in [1.82, 2.24) is 14.3 Å². The SMILES string of the molecule is CCOCCn1c(=NC(=O)c2cc(C)nn2CC)sc2cc(C(=O)OC)ccc21. The fourth-order valence-electron chi connectivity index (χ4n) is 3.02. The van der Waals surface area contributed by atoms with Gasteiger partial charge in [-0.25, -0.2) is 4.79 Å². The number of nitrogens with zero attached hydrogens (tertiary/aromatic N) is 4. The van der Waals surface area contributed by atoms with Crippen LogP contribution < -0.4 is 4.80 Å². The van der Waals surface area contributed by atoms with Crippen molar-refractivity contribution in [2.45, 2.75) is 33.9 Å². The molecule has 0 bridgehead atoms. The number of thiazole rings is 1. The van der Waals surface area contributed by atoms with Crippen LogP contribution in [0.25, 0.3) is 10.2 Å². The number of aryl methyl sites for hydroxylation is 2. The average molecular weight is 417 g/mol. The number of carbonyl (C=O) groups is 2. The Morgan fingerprint density at radius 2 is 2.03 bits per heavy atom. The second-order valence-corrected chi connectivity index (χ2v) is 7.32. The van der Waals surface area contributed by atoms with Gasteiger partial charge in [-0.15, -0.1) is 0 Å². The Hall–Kier alpha value is -2.78. The fourth-order valence-corrected chi connectivity index (χ4v) is 4.12. The minimum Gasteiger partial charge on any atom is -0.465 e. The van der Waals surface area contributed by atoms with Gasteiger partial charge >= 0.3 is 5.97 Å². The predicted octanol–water partition coefficient (Wildman–Crippen LogP) is 2.79. The van der Waals surface area contributed by atoms with Crippen molar-refractivity contribution in [3.8, 4) is 0 Å². The number of rotatable bonds is 7. The highest BCUT2D eigenvalue weighted by atomic mass is 32.1. The molecule has 29 heavy (non-hydrogen) atoms. The maximum atomic E-state index is 12.8. The van der Waals surface area contributed by atoms with E-state index in [0.29, 0.717) is 42.4 Å². The lowest BCUT2D eigenvalue weighted by atomic mass is 10.2.